The highest BCUT2D eigenvalue weighted by Gasteiger charge is 2.32. The first-order chi connectivity index (χ1) is 27.3. The van der Waals surface area contributed by atoms with Gasteiger partial charge in [-0.15, -0.1) is 0 Å². The number of nitrogens with two attached hydrogens (primary N) is 3. The summed E-state index contributed by atoms with van der Waals surface area (Å²) in [7, 11) is 0. The van der Waals surface area contributed by atoms with Gasteiger partial charge in [0, 0.05) is 61.2 Å². The minimum absolute atomic E-state index is 0.00641. The number of hydrogen-bond donors (Lipinski definition) is 11. The summed E-state index contributed by atoms with van der Waals surface area (Å²) in [6.45, 7) is 1.46. The number of fused-ring (bicyclic) bond motifs is 1. The molecule has 2 aromatic carbocycles. The molecule has 0 unspecified atom stereocenters. The summed E-state index contributed by atoms with van der Waals surface area (Å²) in [6.07, 6.45) is 5.58. The van der Waals surface area contributed by atoms with Crippen molar-refractivity contribution in [3.63, 3.8) is 0 Å². The predicted molar refractivity (Wildman–Crippen MR) is 211 cm³/mol. The summed E-state index contributed by atoms with van der Waals surface area (Å²) >= 11 is 0. The summed E-state index contributed by atoms with van der Waals surface area (Å²) in [6, 6.07) is 8.51. The molecule has 0 aliphatic heterocycles. The molecule has 0 aliphatic carbocycles. The summed E-state index contributed by atoms with van der Waals surface area (Å²) in [4.78, 5) is 93.7. The molecule has 14 N–H and O–H groups in total. The van der Waals surface area contributed by atoms with Crippen molar-refractivity contribution in [2.24, 2.45) is 22.2 Å². The third-order valence-corrected chi connectivity index (χ3v) is 8.86. The molecule has 4 aromatic rings. The molecular weight excluding hydrogens is 736 g/mol. The summed E-state index contributed by atoms with van der Waals surface area (Å²) in [5, 5.41) is 24.0. The van der Waals surface area contributed by atoms with E-state index in [2.05, 4.69) is 46.5 Å². The minimum atomic E-state index is -1.29. The van der Waals surface area contributed by atoms with Crippen molar-refractivity contribution in [1.29, 1.82) is 0 Å². The number of hydrogen-bond acceptors (Lipinski definition) is 9. The Labute approximate surface area is 328 Å². The van der Waals surface area contributed by atoms with Crippen molar-refractivity contribution in [2.75, 3.05) is 13.1 Å². The Morgan fingerprint density at radius 3 is 2.09 bits per heavy atom. The number of aliphatic imine (C=N–C) groups is 1. The van der Waals surface area contributed by atoms with Crippen molar-refractivity contribution >= 4 is 52.3 Å². The number of guanidine groups is 1. The zero-order chi connectivity index (χ0) is 41.3. The van der Waals surface area contributed by atoms with Crippen LogP contribution in [0.4, 0.5) is 0 Å². The highest BCUT2D eigenvalue weighted by atomic mass is 16.3. The number of benzene rings is 2. The molecule has 0 fully saturated rings. The van der Waals surface area contributed by atoms with Gasteiger partial charge in [-0.3, -0.25) is 33.8 Å². The number of phenolic OH excluding ortho intramolecular Hbond substituents is 1. The number of para-hydroxylation sites is 1. The normalized spacial score (nSPS) is 13.0. The van der Waals surface area contributed by atoms with Crippen LogP contribution >= 0.6 is 0 Å². The molecule has 19 heteroatoms. The molecule has 4 rings (SSSR count). The number of amides is 6. The predicted octanol–water partition coefficient (Wildman–Crippen LogP) is -0.981. The summed E-state index contributed by atoms with van der Waals surface area (Å²) < 4.78 is 0. The van der Waals surface area contributed by atoms with Crippen molar-refractivity contribution < 1.29 is 33.9 Å². The van der Waals surface area contributed by atoms with Crippen LogP contribution in [0.15, 0.2) is 72.2 Å². The van der Waals surface area contributed by atoms with Gasteiger partial charge in [0.15, 0.2) is 5.96 Å². The van der Waals surface area contributed by atoms with Gasteiger partial charge >= 0.3 is 0 Å². The van der Waals surface area contributed by atoms with Gasteiger partial charge in [0.25, 0.3) is 0 Å². The molecule has 0 saturated carbocycles. The van der Waals surface area contributed by atoms with Crippen LogP contribution in [-0.4, -0.2) is 98.7 Å². The van der Waals surface area contributed by atoms with Crippen molar-refractivity contribution in [1.82, 2.24) is 41.5 Å². The molecule has 4 atom stereocenters. The van der Waals surface area contributed by atoms with Crippen LogP contribution in [0.1, 0.15) is 49.4 Å². The lowest BCUT2D eigenvalue weighted by Gasteiger charge is -2.26. The number of nitrogens with one attached hydrogen (secondary N) is 7. The first-order valence-corrected chi connectivity index (χ1v) is 18.4. The fourth-order valence-corrected chi connectivity index (χ4v) is 6.01. The van der Waals surface area contributed by atoms with Gasteiger partial charge in [0.05, 0.1) is 12.9 Å². The van der Waals surface area contributed by atoms with Gasteiger partial charge in [-0.05, 0) is 48.6 Å². The molecule has 0 bridgehead atoms. The van der Waals surface area contributed by atoms with E-state index in [1.54, 1.807) is 18.3 Å². The molecule has 2 heterocycles. The highest BCUT2D eigenvalue weighted by Crippen LogP contribution is 2.19. The SMILES string of the molecule is CCCC(=O)N[C@@H](Cc1cnc[nH]1)C(=O)N[C@@H](Cc1ccc(O)cc1)C(=O)N[C@@H](CCCN=C(N)N)C(=O)N[C@@H](Cc1c[nH]c2ccccc12)C(=O)NCC(N)=O. The maximum atomic E-state index is 14.2. The van der Waals surface area contributed by atoms with Gasteiger partial charge in [0.2, 0.25) is 35.4 Å². The Bertz CT molecular complexity index is 2010. The molecule has 0 radical (unpaired) electrons. The topological polar surface area (TPSA) is 318 Å². The van der Waals surface area contributed by atoms with Crippen LogP contribution in [0.3, 0.4) is 0 Å². The number of aromatic amines is 2. The summed E-state index contributed by atoms with van der Waals surface area (Å²) in [5.41, 5.74) is 18.9. The number of aromatic hydroxyl groups is 1. The Morgan fingerprint density at radius 1 is 0.789 bits per heavy atom. The molecule has 0 aliphatic rings. The third-order valence-electron chi connectivity index (χ3n) is 8.86. The van der Waals surface area contributed by atoms with E-state index in [0.717, 1.165) is 10.9 Å². The number of carbonyl (C=O) groups excluding carboxylic acids is 6. The Balaban J connectivity index is 1.62. The third kappa shape index (κ3) is 13.7. The van der Waals surface area contributed by atoms with Gasteiger partial charge in [0.1, 0.15) is 29.9 Å². The standard InChI is InChI=1S/C38H50N12O7/c1-2-6-33(53)47-31(17-24-19-42-21-46-24)37(57)49-29(15-22-10-12-25(51)13-11-22)36(56)48-28(9-5-14-43-38(40)41)35(55)50-30(34(54)45-20-32(39)52)16-23-18-44-27-8-4-3-7-26(23)27/h3-4,7-8,10-13,18-19,21,28-31,44,51H,2,5-6,9,14-17,20H2,1H3,(H2,39,52)(H,42,46)(H,45,54)(H,47,53)(H,48,56)(H,49,57)(H,50,55)(H4,40,41,43)/t28-,29-,30-,31-/m0/s1. The second-order valence-electron chi connectivity index (χ2n) is 13.4. The van der Waals surface area contributed by atoms with E-state index in [1.165, 1.54) is 24.7 Å². The van der Waals surface area contributed by atoms with Crippen LogP contribution in [0.25, 0.3) is 10.9 Å². The molecule has 2 aromatic heterocycles. The van der Waals surface area contributed by atoms with Gasteiger partial charge < -0.3 is 58.9 Å². The Morgan fingerprint density at radius 2 is 1.44 bits per heavy atom. The number of imidazole rings is 1. The molecule has 19 nitrogen and oxygen atoms in total. The number of aromatic nitrogens is 3. The number of phenols is 1. The van der Waals surface area contributed by atoms with Crippen LogP contribution < -0.4 is 43.8 Å². The zero-order valence-corrected chi connectivity index (χ0v) is 31.5. The number of rotatable bonds is 22. The van der Waals surface area contributed by atoms with E-state index in [4.69, 9.17) is 17.2 Å². The monoisotopic (exact) mass is 786 g/mol. The van der Waals surface area contributed by atoms with E-state index in [1.807, 2.05) is 31.2 Å². The van der Waals surface area contributed by atoms with E-state index in [0.29, 0.717) is 23.2 Å². The quantitative estimate of drug-likeness (QED) is 0.0263. The second kappa shape index (κ2) is 21.2. The molecule has 0 saturated heterocycles. The lowest BCUT2D eigenvalue weighted by molar-refractivity contribution is -0.134. The lowest BCUT2D eigenvalue weighted by atomic mass is 10.0. The molecular formula is C38H50N12O7. The fraction of sp³-hybridized carbons (Fsp3) is 0.368. The minimum Gasteiger partial charge on any atom is -0.508 e. The second-order valence-corrected chi connectivity index (χ2v) is 13.4. The lowest BCUT2D eigenvalue weighted by Crippen LogP contribution is -2.59. The van der Waals surface area contributed by atoms with E-state index in [-0.39, 0.29) is 62.7 Å². The maximum absolute atomic E-state index is 14.2. The molecule has 6 amide bonds. The molecule has 0 spiro atoms. The van der Waals surface area contributed by atoms with E-state index in [9.17, 15) is 33.9 Å². The molecule has 304 valence electrons. The fourth-order valence-electron chi connectivity index (χ4n) is 6.01. The van der Waals surface area contributed by atoms with Crippen molar-refractivity contribution in [3.8, 4) is 5.75 Å². The molecule has 57 heavy (non-hydrogen) atoms. The Hall–Kier alpha value is -6.92. The van der Waals surface area contributed by atoms with Crippen molar-refractivity contribution in [2.45, 2.75) is 76.0 Å². The number of carbonyl (C=O) groups is 6. The maximum Gasteiger partial charge on any atom is 0.243 e. The van der Waals surface area contributed by atoms with E-state index >= 15 is 0 Å². The average molecular weight is 787 g/mol. The highest BCUT2D eigenvalue weighted by molar-refractivity contribution is 5.96. The first-order valence-electron chi connectivity index (χ1n) is 18.4. The van der Waals surface area contributed by atoms with Gasteiger partial charge in [-0.1, -0.05) is 37.3 Å². The first kappa shape index (κ1) is 42.8. The number of primary amides is 1. The summed E-state index contributed by atoms with van der Waals surface area (Å²) in [5.74, 6) is -4.20. The van der Waals surface area contributed by atoms with Crippen LogP contribution in [-0.2, 0) is 48.0 Å². The van der Waals surface area contributed by atoms with Gasteiger partial charge in [-0.2, -0.15) is 0 Å². The zero-order valence-electron chi connectivity index (χ0n) is 31.5. The van der Waals surface area contributed by atoms with Crippen LogP contribution in [0.2, 0.25) is 0 Å². The number of H-pyrrole nitrogens is 2. The Kier molecular flexibility index (Phi) is 16.0. The number of nitrogens with zero attached hydrogens (tertiary/aromatic N) is 2. The van der Waals surface area contributed by atoms with Gasteiger partial charge in [-0.25, -0.2) is 4.98 Å². The van der Waals surface area contributed by atoms with Crippen molar-refractivity contribution in [3.05, 3.63) is 84.1 Å². The smallest absolute Gasteiger partial charge is 0.243 e. The average Bonchev–Trinajstić information content (AvgIpc) is 3.85. The van der Waals surface area contributed by atoms with Crippen LogP contribution in [0, 0.1) is 0 Å². The van der Waals surface area contributed by atoms with Crippen LogP contribution in [0.5, 0.6) is 5.75 Å². The largest absolute Gasteiger partial charge is 0.508 e. The van der Waals surface area contributed by atoms with E-state index < -0.39 is 60.2 Å².